The van der Waals surface area contributed by atoms with Gasteiger partial charge in [0.25, 0.3) is 0 Å². The van der Waals surface area contributed by atoms with Gasteiger partial charge >= 0.3 is 87.9 Å². The summed E-state index contributed by atoms with van der Waals surface area (Å²) in [5, 5.41) is 0. The number of rotatable bonds is 2. The Morgan fingerprint density at radius 2 is 2.00 bits per heavy atom. The molecule has 2 heterocycles. The first-order valence-corrected chi connectivity index (χ1v) is 6.58. The number of furan rings is 1. The monoisotopic (exact) mass is 258 g/mol. The van der Waals surface area contributed by atoms with Crippen LogP contribution in [0.4, 0.5) is 0 Å². The van der Waals surface area contributed by atoms with Crippen LogP contribution in [0.1, 0.15) is 10.6 Å². The fourth-order valence-electron chi connectivity index (χ4n) is 1.03. The fourth-order valence-corrected chi connectivity index (χ4v) is 4.53. The van der Waals surface area contributed by atoms with Gasteiger partial charge in [-0.3, -0.25) is 0 Å². The van der Waals surface area contributed by atoms with Gasteiger partial charge in [-0.2, -0.15) is 0 Å². The Hall–Kier alpha value is -0.501. The standard InChI is InChI=1S/C10H10OSSe/c1-7-3-5-9(11-7)13-10-6-4-8(2)12-10/h3-6H,1-2H3. The van der Waals surface area contributed by atoms with E-state index in [0.717, 1.165) is 10.4 Å². The van der Waals surface area contributed by atoms with E-state index in [4.69, 9.17) is 4.42 Å². The molecule has 0 aliphatic carbocycles. The van der Waals surface area contributed by atoms with Gasteiger partial charge in [0, 0.05) is 0 Å². The van der Waals surface area contributed by atoms with Crippen LogP contribution in [0.5, 0.6) is 0 Å². The predicted octanol–water partition coefficient (Wildman–Crippen LogP) is 1.61. The zero-order valence-electron chi connectivity index (χ0n) is 7.53. The van der Waals surface area contributed by atoms with Crippen LogP contribution in [0.3, 0.4) is 0 Å². The summed E-state index contributed by atoms with van der Waals surface area (Å²) in [6.45, 7) is 4.12. The molecule has 0 saturated carbocycles. The summed E-state index contributed by atoms with van der Waals surface area (Å²) in [5.74, 6) is 1.00. The van der Waals surface area contributed by atoms with E-state index in [0.29, 0.717) is 15.0 Å². The molecule has 0 aliphatic rings. The quantitative estimate of drug-likeness (QED) is 0.745. The molecule has 3 heteroatoms. The van der Waals surface area contributed by atoms with Gasteiger partial charge in [-0.25, -0.2) is 0 Å². The molecular weight excluding hydrogens is 247 g/mol. The summed E-state index contributed by atoms with van der Waals surface area (Å²) in [6.07, 6.45) is 0. The van der Waals surface area contributed by atoms with Crippen molar-refractivity contribution in [3.05, 3.63) is 34.9 Å². The summed E-state index contributed by atoms with van der Waals surface area (Å²) < 4.78 is 8.08. The molecule has 0 N–H and O–H groups in total. The Balaban J connectivity index is 2.14. The van der Waals surface area contributed by atoms with Crippen molar-refractivity contribution in [3.63, 3.8) is 0 Å². The molecule has 0 amide bonds. The minimum atomic E-state index is 0.354. The third-order valence-electron chi connectivity index (χ3n) is 1.63. The molecule has 0 bridgehead atoms. The Bertz CT molecular complexity index is 364. The molecule has 2 rings (SSSR count). The SMILES string of the molecule is Cc1ccc([Se]c2ccc(C)s2)o1. The average Bonchev–Trinajstić information content (AvgIpc) is 2.62. The van der Waals surface area contributed by atoms with Crippen LogP contribution in [0.15, 0.2) is 28.7 Å². The molecule has 0 fully saturated rings. The molecule has 0 aromatic carbocycles. The molecule has 0 saturated heterocycles. The number of thiophene rings is 1. The minimum absolute atomic E-state index is 0.354. The van der Waals surface area contributed by atoms with Crippen LogP contribution in [-0.4, -0.2) is 15.0 Å². The van der Waals surface area contributed by atoms with E-state index in [9.17, 15) is 0 Å². The third kappa shape index (κ3) is 2.25. The summed E-state index contributed by atoms with van der Waals surface area (Å²) in [7, 11) is 0. The van der Waals surface area contributed by atoms with Gasteiger partial charge in [0.1, 0.15) is 0 Å². The van der Waals surface area contributed by atoms with E-state index in [2.05, 4.69) is 25.1 Å². The molecule has 13 heavy (non-hydrogen) atoms. The normalized spacial score (nSPS) is 10.6. The average molecular weight is 257 g/mol. The second kappa shape index (κ2) is 3.70. The molecule has 0 atom stereocenters. The van der Waals surface area contributed by atoms with Crippen molar-refractivity contribution in [1.82, 2.24) is 0 Å². The van der Waals surface area contributed by atoms with Crippen LogP contribution in [0, 0.1) is 13.8 Å². The van der Waals surface area contributed by atoms with E-state index in [1.54, 1.807) is 0 Å². The van der Waals surface area contributed by atoms with Crippen molar-refractivity contribution in [1.29, 1.82) is 0 Å². The van der Waals surface area contributed by atoms with Gasteiger partial charge < -0.3 is 0 Å². The third-order valence-corrected chi connectivity index (χ3v) is 4.98. The van der Waals surface area contributed by atoms with Gasteiger partial charge in [0.05, 0.1) is 0 Å². The van der Waals surface area contributed by atoms with E-state index in [1.807, 2.05) is 24.3 Å². The van der Waals surface area contributed by atoms with Crippen LogP contribution in [-0.2, 0) is 0 Å². The van der Waals surface area contributed by atoms with E-state index < -0.39 is 0 Å². The summed E-state index contributed by atoms with van der Waals surface area (Å²) in [5.41, 5.74) is 0. The molecule has 68 valence electrons. The van der Waals surface area contributed by atoms with Crippen molar-refractivity contribution < 1.29 is 4.42 Å². The molecule has 0 aliphatic heterocycles. The first-order chi connectivity index (χ1) is 6.24. The second-order valence-corrected chi connectivity index (χ2v) is 6.90. The maximum absolute atomic E-state index is 5.53. The summed E-state index contributed by atoms with van der Waals surface area (Å²) >= 11 is 2.21. The van der Waals surface area contributed by atoms with Crippen LogP contribution in [0.2, 0.25) is 0 Å². The predicted molar refractivity (Wildman–Crippen MR) is 57.5 cm³/mol. The fraction of sp³-hybridized carbons (Fsp3) is 0.200. The summed E-state index contributed by atoms with van der Waals surface area (Å²) in [4.78, 5) is 1.38. The van der Waals surface area contributed by atoms with E-state index >= 15 is 0 Å². The topological polar surface area (TPSA) is 13.1 Å². The Kier molecular flexibility index (Phi) is 2.58. The Morgan fingerprint density at radius 1 is 1.15 bits per heavy atom. The van der Waals surface area contributed by atoms with Crippen LogP contribution < -0.4 is 8.43 Å². The van der Waals surface area contributed by atoms with Crippen molar-refractivity contribution in [2.24, 2.45) is 0 Å². The van der Waals surface area contributed by atoms with Gasteiger partial charge in [-0.15, -0.1) is 0 Å². The zero-order chi connectivity index (χ0) is 9.26. The van der Waals surface area contributed by atoms with Gasteiger partial charge in [0.2, 0.25) is 0 Å². The number of hydrogen-bond acceptors (Lipinski definition) is 2. The Morgan fingerprint density at radius 3 is 2.54 bits per heavy atom. The number of hydrogen-bond donors (Lipinski definition) is 0. The van der Waals surface area contributed by atoms with Crippen molar-refractivity contribution >= 4 is 34.7 Å². The molecule has 1 nitrogen and oxygen atoms in total. The Labute approximate surface area is 87.9 Å². The molecule has 2 aromatic rings. The van der Waals surface area contributed by atoms with Gasteiger partial charge in [-0.05, 0) is 0 Å². The van der Waals surface area contributed by atoms with Crippen molar-refractivity contribution in [2.75, 3.05) is 0 Å². The van der Waals surface area contributed by atoms with Crippen LogP contribution in [0.25, 0.3) is 0 Å². The van der Waals surface area contributed by atoms with E-state index in [-0.39, 0.29) is 0 Å². The van der Waals surface area contributed by atoms with Crippen molar-refractivity contribution in [3.8, 4) is 0 Å². The van der Waals surface area contributed by atoms with Crippen molar-refractivity contribution in [2.45, 2.75) is 13.8 Å². The molecule has 0 unspecified atom stereocenters. The van der Waals surface area contributed by atoms with Gasteiger partial charge in [-0.1, -0.05) is 0 Å². The zero-order valence-corrected chi connectivity index (χ0v) is 10.1. The number of aryl methyl sites for hydroxylation is 2. The molecule has 2 aromatic heterocycles. The maximum atomic E-state index is 5.53. The molecular formula is C10H10OSSe. The van der Waals surface area contributed by atoms with E-state index in [1.165, 1.54) is 8.65 Å². The second-order valence-electron chi connectivity index (χ2n) is 2.83. The molecule has 0 radical (unpaired) electrons. The summed E-state index contributed by atoms with van der Waals surface area (Å²) in [6, 6.07) is 8.46. The van der Waals surface area contributed by atoms with Crippen LogP contribution >= 0.6 is 11.3 Å². The van der Waals surface area contributed by atoms with Gasteiger partial charge in [0.15, 0.2) is 0 Å². The first-order valence-electron chi connectivity index (χ1n) is 4.05. The molecule has 0 spiro atoms. The first kappa shape index (κ1) is 9.07.